The van der Waals surface area contributed by atoms with Crippen LogP contribution < -0.4 is 0 Å². The second-order valence-corrected chi connectivity index (χ2v) is 3.17. The molecule has 1 aliphatic heterocycles. The van der Waals surface area contributed by atoms with Crippen molar-refractivity contribution in [3.8, 4) is 0 Å². The Bertz CT molecular complexity index is 256. The van der Waals surface area contributed by atoms with Crippen molar-refractivity contribution in [3.63, 3.8) is 0 Å². The summed E-state index contributed by atoms with van der Waals surface area (Å²) in [4.78, 5) is 9.24. The van der Waals surface area contributed by atoms with Crippen LogP contribution in [0.3, 0.4) is 0 Å². The van der Waals surface area contributed by atoms with Crippen LogP contribution in [0, 0.1) is 10.1 Å². The molecule has 0 aromatic rings. The highest BCUT2D eigenvalue weighted by Crippen LogP contribution is 2.29. The van der Waals surface area contributed by atoms with E-state index in [1.165, 1.54) is 0 Å². The quantitative estimate of drug-likeness (QED) is 0.183. The highest BCUT2D eigenvalue weighted by molar-refractivity contribution is 4.94. The maximum Gasteiger partial charge on any atom is 0.379 e. The van der Waals surface area contributed by atoms with Crippen molar-refractivity contribution in [1.82, 2.24) is 0 Å². The molecule has 1 rings (SSSR count). The highest BCUT2D eigenvalue weighted by atomic mass is 16.7. The minimum absolute atomic E-state index is 0.988. The Balaban J connectivity index is 3.04. The van der Waals surface area contributed by atoms with Gasteiger partial charge in [0.2, 0.25) is 0 Å². The summed E-state index contributed by atoms with van der Waals surface area (Å²) in [6.07, 6.45) is -8.00. The number of aliphatic hydroxyl groups is 5. The van der Waals surface area contributed by atoms with E-state index in [-0.39, 0.29) is 0 Å². The Morgan fingerprint density at radius 3 is 2.33 bits per heavy atom. The van der Waals surface area contributed by atoms with Crippen molar-refractivity contribution in [2.75, 3.05) is 6.61 Å². The lowest BCUT2D eigenvalue weighted by Crippen LogP contribution is -2.70. The first kappa shape index (κ1) is 12.2. The Kier molecular flexibility index (Phi) is 3.23. The molecule has 0 unspecified atom stereocenters. The monoisotopic (exact) mass is 225 g/mol. The predicted octanol–water partition coefficient (Wildman–Crippen LogP) is -3.62. The van der Waals surface area contributed by atoms with Crippen LogP contribution in [-0.4, -0.2) is 67.4 Å². The van der Waals surface area contributed by atoms with Crippen molar-refractivity contribution in [2.24, 2.45) is 0 Å². The summed E-state index contributed by atoms with van der Waals surface area (Å²) in [6, 6.07) is 0. The first-order valence-corrected chi connectivity index (χ1v) is 4.03. The smallest absolute Gasteiger partial charge is 0.379 e. The van der Waals surface area contributed by atoms with Crippen LogP contribution in [0.5, 0.6) is 0 Å². The van der Waals surface area contributed by atoms with Gasteiger partial charge >= 0.3 is 5.72 Å². The molecule has 0 bridgehead atoms. The van der Waals surface area contributed by atoms with Crippen molar-refractivity contribution < 1.29 is 35.2 Å². The summed E-state index contributed by atoms with van der Waals surface area (Å²) in [5, 5.41) is 56.0. The van der Waals surface area contributed by atoms with Gasteiger partial charge < -0.3 is 30.3 Å². The third kappa shape index (κ3) is 1.69. The second kappa shape index (κ2) is 3.96. The number of ether oxygens (including phenoxy) is 1. The fraction of sp³-hybridized carbons (Fsp3) is 1.00. The van der Waals surface area contributed by atoms with Crippen LogP contribution >= 0.6 is 0 Å². The van der Waals surface area contributed by atoms with Crippen molar-refractivity contribution >= 4 is 0 Å². The Labute approximate surface area is 83.3 Å². The van der Waals surface area contributed by atoms with Gasteiger partial charge in [-0.1, -0.05) is 0 Å². The molecule has 1 saturated heterocycles. The van der Waals surface area contributed by atoms with Gasteiger partial charge in [-0.25, -0.2) is 0 Å². The van der Waals surface area contributed by atoms with Gasteiger partial charge in [-0.05, 0) is 0 Å². The van der Waals surface area contributed by atoms with Crippen LogP contribution in [-0.2, 0) is 4.74 Å². The van der Waals surface area contributed by atoms with Crippen LogP contribution in [0.1, 0.15) is 0 Å². The van der Waals surface area contributed by atoms with Gasteiger partial charge in [0.05, 0.1) is 11.5 Å². The summed E-state index contributed by atoms with van der Waals surface area (Å²) >= 11 is 0. The molecule has 1 fully saturated rings. The van der Waals surface area contributed by atoms with Gasteiger partial charge in [0.25, 0.3) is 0 Å². The molecule has 88 valence electrons. The first-order valence-electron chi connectivity index (χ1n) is 4.03. The number of aliphatic hydroxyl groups excluding tert-OH is 4. The maximum atomic E-state index is 10.5. The molecule has 15 heavy (non-hydrogen) atoms. The van der Waals surface area contributed by atoms with E-state index in [9.17, 15) is 20.3 Å². The van der Waals surface area contributed by atoms with E-state index in [2.05, 4.69) is 4.74 Å². The minimum Gasteiger partial charge on any atom is -0.393 e. The standard InChI is InChI=1S/C6H11NO8/c8-1-2-6(12,7(13)14)4(10)3(9)5(11)15-2/h2-5,8-12H,1H2/t2-,3-,4-,5-,6+/m1/s1. The number of hydrogen-bond donors (Lipinski definition) is 5. The van der Waals surface area contributed by atoms with Crippen LogP contribution in [0.15, 0.2) is 0 Å². The Hall–Kier alpha value is -0.840. The summed E-state index contributed by atoms with van der Waals surface area (Å²) in [6.45, 7) is -0.988. The van der Waals surface area contributed by atoms with Gasteiger partial charge in [0.1, 0.15) is 6.10 Å². The molecule has 1 aliphatic rings. The fourth-order valence-corrected chi connectivity index (χ4v) is 1.35. The molecule has 0 aromatic carbocycles. The molecule has 5 atom stereocenters. The van der Waals surface area contributed by atoms with E-state index in [4.69, 9.17) is 15.3 Å². The zero-order valence-electron chi connectivity index (χ0n) is 7.42. The van der Waals surface area contributed by atoms with E-state index >= 15 is 0 Å². The van der Waals surface area contributed by atoms with Gasteiger partial charge in [-0.15, -0.1) is 0 Å². The molecule has 0 spiro atoms. The van der Waals surface area contributed by atoms with Crippen LogP contribution in [0.4, 0.5) is 0 Å². The predicted molar refractivity (Wildman–Crippen MR) is 41.9 cm³/mol. The summed E-state index contributed by atoms with van der Waals surface area (Å²) in [5.41, 5.74) is -3.05. The number of nitro groups is 1. The molecule has 0 aliphatic carbocycles. The Morgan fingerprint density at radius 2 is 1.93 bits per heavy atom. The SMILES string of the molecule is O=[N+]([O-])[C@@]1(O)[C@H](O)[C@@H](O)[C@H](O)O[C@@H]1CO. The van der Waals surface area contributed by atoms with E-state index in [1.807, 2.05) is 0 Å². The summed E-state index contributed by atoms with van der Waals surface area (Å²) in [7, 11) is 0. The lowest BCUT2D eigenvalue weighted by atomic mass is 9.93. The van der Waals surface area contributed by atoms with Gasteiger partial charge in [0, 0.05) is 0 Å². The van der Waals surface area contributed by atoms with E-state index in [0.29, 0.717) is 0 Å². The lowest BCUT2D eigenvalue weighted by Gasteiger charge is -2.39. The molecular weight excluding hydrogens is 214 g/mol. The van der Waals surface area contributed by atoms with Crippen LogP contribution in [0.25, 0.3) is 0 Å². The zero-order valence-corrected chi connectivity index (χ0v) is 7.42. The van der Waals surface area contributed by atoms with Gasteiger partial charge in [-0.3, -0.25) is 10.1 Å². The topological polar surface area (TPSA) is 154 Å². The lowest BCUT2D eigenvalue weighted by molar-refractivity contribution is -0.665. The normalized spacial score (nSPS) is 46.5. The highest BCUT2D eigenvalue weighted by Gasteiger charge is 2.64. The second-order valence-electron chi connectivity index (χ2n) is 3.17. The third-order valence-electron chi connectivity index (χ3n) is 2.29. The minimum atomic E-state index is -3.05. The van der Waals surface area contributed by atoms with Crippen molar-refractivity contribution in [3.05, 3.63) is 10.1 Å². The van der Waals surface area contributed by atoms with Gasteiger partial charge in [-0.2, -0.15) is 0 Å². The fourth-order valence-electron chi connectivity index (χ4n) is 1.35. The molecule has 0 aromatic heterocycles. The molecule has 5 N–H and O–H groups in total. The molecule has 1 heterocycles. The van der Waals surface area contributed by atoms with Crippen molar-refractivity contribution in [2.45, 2.75) is 30.3 Å². The van der Waals surface area contributed by atoms with Crippen LogP contribution in [0.2, 0.25) is 0 Å². The summed E-state index contributed by atoms with van der Waals surface area (Å²) < 4.78 is 4.40. The molecule has 0 radical (unpaired) electrons. The number of hydrogen-bond acceptors (Lipinski definition) is 8. The molecule has 0 amide bonds. The maximum absolute atomic E-state index is 10.5. The first-order chi connectivity index (χ1) is 6.85. The average Bonchev–Trinajstić information content (AvgIpc) is 2.20. The van der Waals surface area contributed by atoms with E-state index in [0.717, 1.165) is 0 Å². The van der Waals surface area contributed by atoms with E-state index in [1.54, 1.807) is 0 Å². The molecular formula is C6H11NO8. The molecule has 9 nitrogen and oxygen atoms in total. The summed E-state index contributed by atoms with van der Waals surface area (Å²) in [5.74, 6) is 0. The molecule has 0 saturated carbocycles. The van der Waals surface area contributed by atoms with Crippen molar-refractivity contribution in [1.29, 1.82) is 0 Å². The number of nitrogens with zero attached hydrogens (tertiary/aromatic N) is 1. The third-order valence-corrected chi connectivity index (χ3v) is 2.29. The average molecular weight is 225 g/mol. The zero-order chi connectivity index (χ0) is 11.8. The number of rotatable bonds is 2. The van der Waals surface area contributed by atoms with Gasteiger partial charge in [0.15, 0.2) is 18.5 Å². The Morgan fingerprint density at radius 1 is 1.40 bits per heavy atom. The molecule has 9 heteroatoms. The van der Waals surface area contributed by atoms with E-state index < -0.39 is 41.9 Å². The largest absolute Gasteiger partial charge is 0.393 e.